The summed E-state index contributed by atoms with van der Waals surface area (Å²) in [6.07, 6.45) is 0. The van der Waals surface area contributed by atoms with Gasteiger partial charge in [-0.3, -0.25) is 0 Å². The van der Waals surface area contributed by atoms with Crippen LogP contribution in [-0.2, 0) is 0 Å². The van der Waals surface area contributed by atoms with E-state index in [2.05, 4.69) is 15.9 Å². The fourth-order valence-corrected chi connectivity index (χ4v) is 1.74. The zero-order valence-electron chi connectivity index (χ0n) is 7.83. The molecule has 0 N–H and O–H groups in total. The van der Waals surface area contributed by atoms with Gasteiger partial charge in [0.1, 0.15) is 0 Å². The van der Waals surface area contributed by atoms with Gasteiger partial charge in [-0.2, -0.15) is 0 Å². The van der Waals surface area contributed by atoms with E-state index in [4.69, 9.17) is 23.2 Å². The Hall–Kier alpha value is -0.500. The van der Waals surface area contributed by atoms with Gasteiger partial charge >= 0.3 is 0 Å². The van der Waals surface area contributed by atoms with E-state index in [9.17, 15) is 0 Å². The summed E-state index contributed by atoms with van der Waals surface area (Å²) in [7, 11) is 0. The van der Waals surface area contributed by atoms with E-state index in [1.54, 1.807) is 0 Å². The summed E-state index contributed by atoms with van der Waals surface area (Å²) in [4.78, 5) is 0. The van der Waals surface area contributed by atoms with Gasteiger partial charge in [0.2, 0.25) is 0 Å². The number of halogens is 3. The van der Waals surface area contributed by atoms with Crippen molar-refractivity contribution in [3.8, 4) is 0 Å². The molecule has 0 atom stereocenters. The van der Waals surface area contributed by atoms with Crippen LogP contribution >= 0.6 is 39.1 Å². The maximum atomic E-state index is 5.61. The highest BCUT2D eigenvalue weighted by atomic mass is 79.9. The lowest BCUT2D eigenvalue weighted by Gasteiger charge is -1.87. The first-order valence-corrected chi connectivity index (χ1v) is 5.85. The van der Waals surface area contributed by atoms with Crippen LogP contribution in [0.15, 0.2) is 59.1 Å². The van der Waals surface area contributed by atoms with Crippen LogP contribution in [0.2, 0.25) is 10.0 Å². The molecule has 78 valence electrons. The highest BCUT2D eigenvalue weighted by Gasteiger charge is 1.84. The molecule has 0 fully saturated rings. The van der Waals surface area contributed by atoms with E-state index in [-0.39, 0.29) is 0 Å². The van der Waals surface area contributed by atoms with E-state index in [1.807, 2.05) is 54.6 Å². The number of hydrogen-bond donors (Lipinski definition) is 0. The Balaban J connectivity index is 0.000000151. The monoisotopic (exact) mass is 302 g/mol. The van der Waals surface area contributed by atoms with Crippen molar-refractivity contribution in [1.82, 2.24) is 0 Å². The predicted molar refractivity (Wildman–Crippen MR) is 70.6 cm³/mol. The molecule has 0 nitrogen and oxygen atoms in total. The van der Waals surface area contributed by atoms with Crippen molar-refractivity contribution in [3.63, 3.8) is 0 Å². The molecule has 0 radical (unpaired) electrons. The van der Waals surface area contributed by atoms with Crippen molar-refractivity contribution in [2.75, 3.05) is 0 Å². The number of rotatable bonds is 0. The second-order valence-corrected chi connectivity index (χ2v) is 4.52. The molecule has 3 heteroatoms. The fraction of sp³-hybridized carbons (Fsp3) is 0. The van der Waals surface area contributed by atoms with Crippen molar-refractivity contribution >= 4 is 39.1 Å². The van der Waals surface area contributed by atoms with Gasteiger partial charge in [-0.1, -0.05) is 63.4 Å². The standard InChI is InChI=1S/C6H4BrCl.C6H5Cl/c7-5-2-1-3-6(8)4-5;7-6-4-2-1-3-5-6/h1-4H;1-5H. The van der Waals surface area contributed by atoms with Gasteiger partial charge < -0.3 is 0 Å². The Bertz CT molecular complexity index is 384. The van der Waals surface area contributed by atoms with Crippen LogP contribution < -0.4 is 0 Å². The molecule has 0 aromatic heterocycles. The zero-order valence-corrected chi connectivity index (χ0v) is 10.9. The first-order chi connectivity index (χ1) is 7.18. The van der Waals surface area contributed by atoms with Crippen LogP contribution in [0, 0.1) is 0 Å². The Morgan fingerprint density at radius 2 is 1.33 bits per heavy atom. The summed E-state index contributed by atoms with van der Waals surface area (Å²) in [6.45, 7) is 0. The molecule has 2 aromatic carbocycles. The van der Waals surface area contributed by atoms with E-state index < -0.39 is 0 Å². The van der Waals surface area contributed by atoms with Gasteiger partial charge in [0, 0.05) is 14.5 Å². The zero-order chi connectivity index (χ0) is 11.1. The summed E-state index contributed by atoms with van der Waals surface area (Å²) in [5, 5.41) is 1.56. The summed E-state index contributed by atoms with van der Waals surface area (Å²) in [6, 6.07) is 17.0. The molecule has 0 aliphatic heterocycles. The second-order valence-electron chi connectivity index (χ2n) is 2.74. The van der Waals surface area contributed by atoms with E-state index in [0.29, 0.717) is 0 Å². The molecule has 0 unspecified atom stereocenters. The molecular formula is C12H9BrCl2. The average molecular weight is 304 g/mol. The quantitative estimate of drug-likeness (QED) is 0.607. The third-order valence-corrected chi connectivity index (χ3v) is 2.50. The smallest absolute Gasteiger partial charge is 0.0417 e. The van der Waals surface area contributed by atoms with Gasteiger partial charge in [-0.15, -0.1) is 0 Å². The van der Waals surface area contributed by atoms with Gasteiger partial charge in [0.25, 0.3) is 0 Å². The lowest BCUT2D eigenvalue weighted by molar-refractivity contribution is 1.65. The Kier molecular flexibility index (Phi) is 5.77. The van der Waals surface area contributed by atoms with Crippen LogP contribution in [0.4, 0.5) is 0 Å². The first kappa shape index (κ1) is 12.6. The van der Waals surface area contributed by atoms with Crippen molar-refractivity contribution < 1.29 is 0 Å². The van der Waals surface area contributed by atoms with E-state index >= 15 is 0 Å². The minimum atomic E-state index is 0.763. The summed E-state index contributed by atoms with van der Waals surface area (Å²) in [5.41, 5.74) is 0. The molecule has 2 aromatic rings. The predicted octanol–water partition coefficient (Wildman–Crippen LogP) is 5.44. The Labute approximate surface area is 108 Å². The van der Waals surface area contributed by atoms with Crippen molar-refractivity contribution in [3.05, 3.63) is 69.1 Å². The molecule has 0 aliphatic carbocycles. The topological polar surface area (TPSA) is 0 Å². The van der Waals surface area contributed by atoms with Gasteiger partial charge in [0.15, 0.2) is 0 Å². The van der Waals surface area contributed by atoms with Crippen LogP contribution in [0.1, 0.15) is 0 Å². The van der Waals surface area contributed by atoms with Gasteiger partial charge in [0.05, 0.1) is 0 Å². The molecule has 0 heterocycles. The van der Waals surface area contributed by atoms with Crippen LogP contribution in [-0.4, -0.2) is 0 Å². The number of hydrogen-bond acceptors (Lipinski definition) is 0. The average Bonchev–Trinajstić information content (AvgIpc) is 2.19. The van der Waals surface area contributed by atoms with Crippen LogP contribution in [0.25, 0.3) is 0 Å². The molecule has 0 amide bonds. The molecule has 15 heavy (non-hydrogen) atoms. The summed E-state index contributed by atoms with van der Waals surface area (Å²) in [5.74, 6) is 0. The lowest BCUT2D eigenvalue weighted by atomic mass is 10.4. The van der Waals surface area contributed by atoms with Crippen LogP contribution in [0.5, 0.6) is 0 Å². The molecule has 2 rings (SSSR count). The fourth-order valence-electron chi connectivity index (χ4n) is 0.875. The lowest BCUT2D eigenvalue weighted by Crippen LogP contribution is -1.61. The van der Waals surface area contributed by atoms with Crippen molar-refractivity contribution in [2.45, 2.75) is 0 Å². The summed E-state index contributed by atoms with van der Waals surface area (Å²) >= 11 is 14.4. The molecule has 0 saturated carbocycles. The largest absolute Gasteiger partial charge is 0.0843 e. The SMILES string of the molecule is Clc1cccc(Br)c1.Clc1ccccc1. The van der Waals surface area contributed by atoms with Crippen molar-refractivity contribution in [2.24, 2.45) is 0 Å². The molecule has 0 saturated heterocycles. The third-order valence-electron chi connectivity index (χ3n) is 1.52. The maximum absolute atomic E-state index is 5.61. The minimum Gasteiger partial charge on any atom is -0.0843 e. The third kappa shape index (κ3) is 5.83. The molecular weight excluding hydrogens is 295 g/mol. The Morgan fingerprint density at radius 1 is 0.733 bits per heavy atom. The maximum Gasteiger partial charge on any atom is 0.0417 e. The highest BCUT2D eigenvalue weighted by molar-refractivity contribution is 9.10. The second kappa shape index (κ2) is 6.89. The van der Waals surface area contributed by atoms with Gasteiger partial charge in [-0.25, -0.2) is 0 Å². The molecule has 0 aliphatic rings. The summed E-state index contributed by atoms with van der Waals surface area (Å²) < 4.78 is 1.02. The minimum absolute atomic E-state index is 0.763. The first-order valence-electron chi connectivity index (χ1n) is 4.30. The van der Waals surface area contributed by atoms with E-state index in [0.717, 1.165) is 14.5 Å². The van der Waals surface area contributed by atoms with E-state index in [1.165, 1.54) is 0 Å². The van der Waals surface area contributed by atoms with Crippen LogP contribution in [0.3, 0.4) is 0 Å². The molecule has 0 bridgehead atoms. The van der Waals surface area contributed by atoms with Crippen molar-refractivity contribution in [1.29, 1.82) is 0 Å². The molecule has 0 spiro atoms. The normalized spacial score (nSPS) is 9.00. The van der Waals surface area contributed by atoms with Gasteiger partial charge in [-0.05, 0) is 30.3 Å². The highest BCUT2D eigenvalue weighted by Crippen LogP contribution is 2.14. The Morgan fingerprint density at radius 3 is 1.67 bits per heavy atom. The number of benzene rings is 2.